The zero-order valence-corrected chi connectivity index (χ0v) is 5.60. The van der Waals surface area contributed by atoms with Crippen molar-refractivity contribution in [1.29, 1.82) is 0 Å². The normalized spacial score (nSPS) is 9.73. The van der Waals surface area contributed by atoms with Gasteiger partial charge in [-0.25, -0.2) is 9.38 Å². The summed E-state index contributed by atoms with van der Waals surface area (Å²) in [4.78, 5) is 11.1. The molecule has 0 N–H and O–H groups in total. The molecule has 2 heterocycles. The third-order valence-corrected chi connectivity index (χ3v) is 1.41. The highest BCUT2D eigenvalue weighted by Crippen LogP contribution is 2.12. The van der Waals surface area contributed by atoms with Crippen LogP contribution in [0.5, 0.6) is 0 Å². The SMILES string of the molecule is [C-]#[N+]c1cnc2cnccn12. The van der Waals surface area contributed by atoms with Crippen molar-refractivity contribution in [3.05, 3.63) is 36.2 Å². The van der Waals surface area contributed by atoms with E-state index in [1.54, 1.807) is 23.0 Å². The van der Waals surface area contributed by atoms with Crippen molar-refractivity contribution in [2.75, 3.05) is 0 Å². The molecule has 0 aliphatic heterocycles. The molecule has 2 aromatic rings. The van der Waals surface area contributed by atoms with E-state index in [2.05, 4.69) is 14.8 Å². The molecule has 0 aromatic carbocycles. The number of nitrogens with zero attached hydrogens (tertiary/aromatic N) is 4. The van der Waals surface area contributed by atoms with Crippen molar-refractivity contribution in [1.82, 2.24) is 14.4 Å². The fraction of sp³-hybridized carbons (Fsp3) is 0. The summed E-state index contributed by atoms with van der Waals surface area (Å²) < 4.78 is 1.69. The molecule has 0 saturated heterocycles. The van der Waals surface area contributed by atoms with Crippen LogP contribution < -0.4 is 0 Å². The van der Waals surface area contributed by atoms with Crippen molar-refractivity contribution in [2.24, 2.45) is 0 Å². The molecule has 0 saturated carbocycles. The third kappa shape index (κ3) is 0.749. The van der Waals surface area contributed by atoms with Crippen molar-refractivity contribution in [3.8, 4) is 0 Å². The van der Waals surface area contributed by atoms with Crippen LogP contribution in [0.15, 0.2) is 24.8 Å². The van der Waals surface area contributed by atoms with Crippen molar-refractivity contribution in [2.45, 2.75) is 0 Å². The Balaban J connectivity index is 2.89. The van der Waals surface area contributed by atoms with E-state index >= 15 is 0 Å². The third-order valence-electron chi connectivity index (χ3n) is 1.41. The predicted octanol–water partition coefficient (Wildman–Crippen LogP) is 1.28. The fourth-order valence-electron chi connectivity index (χ4n) is 0.911. The minimum Gasteiger partial charge on any atom is -0.362 e. The van der Waals surface area contributed by atoms with Crippen LogP contribution in [0.3, 0.4) is 0 Å². The lowest BCUT2D eigenvalue weighted by Crippen LogP contribution is -1.82. The molecule has 0 aliphatic rings. The van der Waals surface area contributed by atoms with Crippen LogP contribution in [0, 0.1) is 6.57 Å². The van der Waals surface area contributed by atoms with Crippen LogP contribution in [-0.2, 0) is 0 Å². The summed E-state index contributed by atoms with van der Waals surface area (Å²) in [6, 6.07) is 0. The van der Waals surface area contributed by atoms with Gasteiger partial charge in [0.2, 0.25) is 5.65 Å². The van der Waals surface area contributed by atoms with Gasteiger partial charge in [-0.3, -0.25) is 4.98 Å². The summed E-state index contributed by atoms with van der Waals surface area (Å²) in [6.45, 7) is 6.79. The van der Waals surface area contributed by atoms with E-state index < -0.39 is 0 Å². The minimum atomic E-state index is 0.516. The summed E-state index contributed by atoms with van der Waals surface area (Å²) in [7, 11) is 0. The lowest BCUT2D eigenvalue weighted by molar-refractivity contribution is 1.14. The molecule has 0 spiro atoms. The van der Waals surface area contributed by atoms with Crippen LogP contribution in [0.1, 0.15) is 0 Å². The van der Waals surface area contributed by atoms with Crippen molar-refractivity contribution >= 4 is 11.5 Å². The molecule has 4 nitrogen and oxygen atoms in total. The van der Waals surface area contributed by atoms with Gasteiger partial charge in [-0.05, 0) is 0 Å². The van der Waals surface area contributed by atoms with E-state index in [0.717, 1.165) is 0 Å². The topological polar surface area (TPSA) is 34.5 Å². The molecule has 0 bridgehead atoms. The summed E-state index contributed by atoms with van der Waals surface area (Å²) in [5.74, 6) is 0.516. The Hall–Kier alpha value is -1.89. The van der Waals surface area contributed by atoms with Gasteiger partial charge < -0.3 is 4.85 Å². The number of hydrogen-bond donors (Lipinski definition) is 0. The predicted molar refractivity (Wildman–Crippen MR) is 39.2 cm³/mol. The van der Waals surface area contributed by atoms with E-state index in [0.29, 0.717) is 11.5 Å². The Kier molecular flexibility index (Phi) is 1.10. The van der Waals surface area contributed by atoms with Gasteiger partial charge in [-0.2, -0.15) is 0 Å². The summed E-state index contributed by atoms with van der Waals surface area (Å²) >= 11 is 0. The summed E-state index contributed by atoms with van der Waals surface area (Å²) in [6.07, 6.45) is 6.50. The highest BCUT2D eigenvalue weighted by atomic mass is 15.1. The molecular formula is C7H4N4. The molecule has 0 aliphatic carbocycles. The molecule has 2 aromatic heterocycles. The lowest BCUT2D eigenvalue weighted by atomic mass is 10.7. The van der Waals surface area contributed by atoms with Gasteiger partial charge >= 0.3 is 0 Å². The first-order valence-corrected chi connectivity index (χ1v) is 3.06. The van der Waals surface area contributed by atoms with Crippen LogP contribution in [-0.4, -0.2) is 14.4 Å². The van der Waals surface area contributed by atoms with Gasteiger partial charge in [-0.15, -0.1) is 0 Å². The molecule has 0 fully saturated rings. The summed E-state index contributed by atoms with van der Waals surface area (Å²) in [5.41, 5.74) is 0.707. The lowest BCUT2D eigenvalue weighted by Gasteiger charge is -1.87. The van der Waals surface area contributed by atoms with Crippen molar-refractivity contribution < 1.29 is 0 Å². The summed E-state index contributed by atoms with van der Waals surface area (Å²) in [5, 5.41) is 0. The van der Waals surface area contributed by atoms with Crippen LogP contribution in [0.25, 0.3) is 10.5 Å². The molecule has 0 amide bonds. The van der Waals surface area contributed by atoms with E-state index in [-0.39, 0.29) is 0 Å². The van der Waals surface area contributed by atoms with E-state index in [1.807, 2.05) is 0 Å². The Morgan fingerprint density at radius 1 is 1.45 bits per heavy atom. The maximum absolute atomic E-state index is 6.79. The standard InChI is InChI=1S/C7H4N4/c1-8-6-5-10-7-4-9-2-3-11(6)7/h2-5H. The monoisotopic (exact) mass is 144 g/mol. The van der Waals surface area contributed by atoms with Gasteiger partial charge in [0.25, 0.3) is 5.82 Å². The number of aromatic nitrogens is 3. The first-order chi connectivity index (χ1) is 5.42. The molecule has 4 heteroatoms. The highest BCUT2D eigenvalue weighted by Gasteiger charge is 2.00. The Labute approximate surface area is 63.0 Å². The van der Waals surface area contributed by atoms with Crippen LogP contribution in [0.2, 0.25) is 0 Å². The van der Waals surface area contributed by atoms with E-state index in [1.165, 1.54) is 6.20 Å². The molecule has 52 valence electrons. The average Bonchev–Trinajstić information content (AvgIpc) is 2.47. The van der Waals surface area contributed by atoms with Crippen molar-refractivity contribution in [3.63, 3.8) is 0 Å². The largest absolute Gasteiger partial charge is 0.362 e. The van der Waals surface area contributed by atoms with Gasteiger partial charge in [0.15, 0.2) is 0 Å². The number of imidazole rings is 1. The average molecular weight is 144 g/mol. The van der Waals surface area contributed by atoms with E-state index in [9.17, 15) is 0 Å². The number of rotatable bonds is 0. The van der Waals surface area contributed by atoms with Gasteiger partial charge in [-0.1, -0.05) is 6.57 Å². The fourth-order valence-corrected chi connectivity index (χ4v) is 0.911. The Morgan fingerprint density at radius 2 is 2.36 bits per heavy atom. The Morgan fingerprint density at radius 3 is 3.18 bits per heavy atom. The molecular weight excluding hydrogens is 140 g/mol. The second-order valence-electron chi connectivity index (χ2n) is 2.03. The first kappa shape index (κ1) is 5.86. The van der Waals surface area contributed by atoms with Crippen LogP contribution >= 0.6 is 0 Å². The zero-order valence-electron chi connectivity index (χ0n) is 5.60. The molecule has 0 unspecified atom stereocenters. The second kappa shape index (κ2) is 2.06. The van der Waals surface area contributed by atoms with Gasteiger partial charge in [0.05, 0.1) is 24.8 Å². The quantitative estimate of drug-likeness (QED) is 0.522. The minimum absolute atomic E-state index is 0.516. The zero-order chi connectivity index (χ0) is 7.68. The molecule has 0 radical (unpaired) electrons. The Bertz CT molecular complexity index is 423. The van der Waals surface area contributed by atoms with Gasteiger partial charge in [0.1, 0.15) is 0 Å². The molecule has 2 rings (SSSR count). The maximum atomic E-state index is 6.79. The maximum Gasteiger partial charge on any atom is 0.254 e. The van der Waals surface area contributed by atoms with Gasteiger partial charge in [0, 0.05) is 0 Å². The number of fused-ring (bicyclic) bond motifs is 1. The first-order valence-electron chi connectivity index (χ1n) is 3.06. The molecule has 0 atom stereocenters. The van der Waals surface area contributed by atoms with Crippen LogP contribution in [0.4, 0.5) is 5.82 Å². The highest BCUT2D eigenvalue weighted by molar-refractivity contribution is 5.48. The number of hydrogen-bond acceptors (Lipinski definition) is 2. The second-order valence-corrected chi connectivity index (χ2v) is 2.03. The van der Waals surface area contributed by atoms with E-state index in [4.69, 9.17) is 6.57 Å². The molecule has 11 heavy (non-hydrogen) atoms. The smallest absolute Gasteiger partial charge is 0.254 e.